The maximum atomic E-state index is 6.83. The molecule has 0 saturated heterocycles. The van der Waals surface area contributed by atoms with Crippen molar-refractivity contribution in [1.82, 2.24) is 9.97 Å². The van der Waals surface area contributed by atoms with E-state index < -0.39 is 0 Å². The highest BCUT2D eigenvalue weighted by atomic mass is 14.9. The van der Waals surface area contributed by atoms with Crippen LogP contribution in [0.25, 0.3) is 6.08 Å². The van der Waals surface area contributed by atoms with E-state index in [0.717, 1.165) is 11.5 Å². The molecule has 0 bridgehead atoms. The summed E-state index contributed by atoms with van der Waals surface area (Å²) in [5.41, 5.74) is 1.21. The standard InChI is InChI=1S/C10H15N3/c1-10(2,3)8-7-12-9(13-8)5-4-6-11/h4-7,11H,1-3H3,(H,12,13)/b5-4-,11-6?. The molecule has 0 spiro atoms. The van der Waals surface area contributed by atoms with Gasteiger partial charge in [0.15, 0.2) is 0 Å². The van der Waals surface area contributed by atoms with Crippen molar-refractivity contribution >= 4 is 12.3 Å². The number of rotatable bonds is 2. The molecule has 0 aliphatic carbocycles. The Morgan fingerprint density at radius 2 is 2.15 bits per heavy atom. The molecule has 0 amide bonds. The molecule has 70 valence electrons. The van der Waals surface area contributed by atoms with Crippen molar-refractivity contribution in [2.24, 2.45) is 0 Å². The van der Waals surface area contributed by atoms with Gasteiger partial charge in [0.1, 0.15) is 5.82 Å². The van der Waals surface area contributed by atoms with Gasteiger partial charge in [-0.25, -0.2) is 4.98 Å². The van der Waals surface area contributed by atoms with Crippen molar-refractivity contribution in [1.29, 1.82) is 5.41 Å². The maximum absolute atomic E-state index is 6.83. The van der Waals surface area contributed by atoms with Gasteiger partial charge in [0.2, 0.25) is 0 Å². The van der Waals surface area contributed by atoms with Crippen LogP contribution in [0.3, 0.4) is 0 Å². The zero-order chi connectivity index (χ0) is 9.90. The van der Waals surface area contributed by atoms with Gasteiger partial charge in [0.25, 0.3) is 0 Å². The van der Waals surface area contributed by atoms with E-state index in [2.05, 4.69) is 30.7 Å². The Labute approximate surface area is 78.4 Å². The molecule has 0 unspecified atom stereocenters. The first-order valence-electron chi connectivity index (χ1n) is 4.26. The first-order valence-corrected chi connectivity index (χ1v) is 4.26. The zero-order valence-corrected chi connectivity index (χ0v) is 8.26. The summed E-state index contributed by atoms with van der Waals surface area (Å²) in [5, 5.41) is 6.83. The van der Waals surface area contributed by atoms with Crippen LogP contribution in [0.2, 0.25) is 0 Å². The fourth-order valence-electron chi connectivity index (χ4n) is 0.942. The Morgan fingerprint density at radius 1 is 1.46 bits per heavy atom. The minimum absolute atomic E-state index is 0.101. The van der Waals surface area contributed by atoms with Crippen molar-refractivity contribution in [2.75, 3.05) is 0 Å². The molecule has 1 aromatic rings. The number of aromatic amines is 1. The number of allylic oxidation sites excluding steroid dienone is 1. The zero-order valence-electron chi connectivity index (χ0n) is 8.26. The van der Waals surface area contributed by atoms with Crippen LogP contribution in [0.1, 0.15) is 32.3 Å². The molecule has 1 rings (SSSR count). The quantitative estimate of drug-likeness (QED) is 0.669. The second-order valence-electron chi connectivity index (χ2n) is 3.96. The first-order chi connectivity index (χ1) is 6.04. The maximum Gasteiger partial charge on any atom is 0.130 e. The summed E-state index contributed by atoms with van der Waals surface area (Å²) in [5.74, 6) is 0.799. The molecule has 0 atom stereocenters. The summed E-state index contributed by atoms with van der Waals surface area (Å²) in [6.07, 6.45) is 6.50. The molecule has 0 saturated carbocycles. The third-order valence-electron chi connectivity index (χ3n) is 1.75. The van der Waals surface area contributed by atoms with Crippen LogP contribution in [-0.4, -0.2) is 16.2 Å². The summed E-state index contributed by atoms with van der Waals surface area (Å²) in [7, 11) is 0. The lowest BCUT2D eigenvalue weighted by molar-refractivity contribution is 0.572. The minimum atomic E-state index is 0.101. The molecule has 3 nitrogen and oxygen atoms in total. The molecule has 2 N–H and O–H groups in total. The monoisotopic (exact) mass is 177 g/mol. The molecular weight excluding hydrogens is 162 g/mol. The lowest BCUT2D eigenvalue weighted by Crippen LogP contribution is -2.11. The number of hydrogen-bond acceptors (Lipinski definition) is 2. The van der Waals surface area contributed by atoms with Crippen LogP contribution in [-0.2, 0) is 5.41 Å². The number of hydrogen-bond donors (Lipinski definition) is 2. The fraction of sp³-hybridized carbons (Fsp3) is 0.400. The molecule has 1 heterocycles. The van der Waals surface area contributed by atoms with Crippen LogP contribution in [0, 0.1) is 5.41 Å². The Balaban J connectivity index is 2.87. The molecule has 0 aliphatic rings. The molecule has 3 heteroatoms. The summed E-state index contributed by atoms with van der Waals surface area (Å²) in [6, 6.07) is 0. The van der Waals surface area contributed by atoms with E-state index in [9.17, 15) is 0 Å². The molecular formula is C10H15N3. The summed E-state index contributed by atoms with van der Waals surface area (Å²) >= 11 is 0. The van der Waals surface area contributed by atoms with Crippen molar-refractivity contribution in [2.45, 2.75) is 26.2 Å². The number of nitrogens with zero attached hydrogens (tertiary/aromatic N) is 1. The molecule has 1 aromatic heterocycles. The lowest BCUT2D eigenvalue weighted by atomic mass is 9.93. The van der Waals surface area contributed by atoms with E-state index in [1.54, 1.807) is 12.2 Å². The van der Waals surface area contributed by atoms with Gasteiger partial charge in [0, 0.05) is 23.5 Å². The van der Waals surface area contributed by atoms with Crippen LogP contribution < -0.4 is 0 Å². The average Bonchev–Trinajstić information content (AvgIpc) is 2.47. The second-order valence-corrected chi connectivity index (χ2v) is 3.96. The SMILES string of the molecule is CC(C)(C)c1cnc(/C=C\C=N)[nH]1. The van der Waals surface area contributed by atoms with Gasteiger partial charge in [-0.3, -0.25) is 0 Å². The highest BCUT2D eigenvalue weighted by Gasteiger charge is 2.15. The first kappa shape index (κ1) is 9.71. The molecule has 0 aromatic carbocycles. The van der Waals surface area contributed by atoms with Crippen molar-refractivity contribution in [3.05, 3.63) is 23.8 Å². The van der Waals surface area contributed by atoms with E-state index in [1.807, 2.05) is 6.20 Å². The molecule has 13 heavy (non-hydrogen) atoms. The Hall–Kier alpha value is -1.38. The summed E-state index contributed by atoms with van der Waals surface area (Å²) < 4.78 is 0. The van der Waals surface area contributed by atoms with Crippen molar-refractivity contribution in [3.8, 4) is 0 Å². The van der Waals surface area contributed by atoms with E-state index in [1.165, 1.54) is 6.21 Å². The molecule has 0 radical (unpaired) electrons. The summed E-state index contributed by atoms with van der Waals surface area (Å²) in [4.78, 5) is 7.36. The third-order valence-corrected chi connectivity index (χ3v) is 1.75. The van der Waals surface area contributed by atoms with Crippen LogP contribution in [0.5, 0.6) is 0 Å². The average molecular weight is 177 g/mol. The highest BCUT2D eigenvalue weighted by Crippen LogP contribution is 2.19. The predicted molar refractivity (Wildman–Crippen MR) is 55.1 cm³/mol. The molecule has 0 aliphatic heterocycles. The Bertz CT molecular complexity index is 315. The van der Waals surface area contributed by atoms with Crippen molar-refractivity contribution < 1.29 is 0 Å². The van der Waals surface area contributed by atoms with Gasteiger partial charge in [0.05, 0.1) is 0 Å². The van der Waals surface area contributed by atoms with Gasteiger partial charge in [-0.05, 0) is 12.2 Å². The number of H-pyrrole nitrogens is 1. The Kier molecular flexibility index (Phi) is 2.66. The van der Waals surface area contributed by atoms with Crippen LogP contribution in [0.15, 0.2) is 12.3 Å². The van der Waals surface area contributed by atoms with Crippen LogP contribution >= 0.6 is 0 Å². The summed E-state index contributed by atoms with van der Waals surface area (Å²) in [6.45, 7) is 6.39. The lowest BCUT2D eigenvalue weighted by Gasteiger charge is -2.14. The van der Waals surface area contributed by atoms with E-state index >= 15 is 0 Å². The number of aromatic nitrogens is 2. The number of imidazole rings is 1. The van der Waals surface area contributed by atoms with E-state index in [0.29, 0.717) is 0 Å². The van der Waals surface area contributed by atoms with Crippen molar-refractivity contribution in [3.63, 3.8) is 0 Å². The largest absolute Gasteiger partial charge is 0.342 e. The third kappa shape index (κ3) is 2.54. The highest BCUT2D eigenvalue weighted by molar-refractivity contribution is 5.74. The molecule has 0 fully saturated rings. The van der Waals surface area contributed by atoms with Gasteiger partial charge in [-0.1, -0.05) is 20.8 Å². The second kappa shape index (κ2) is 3.56. The van der Waals surface area contributed by atoms with Gasteiger partial charge in [-0.15, -0.1) is 0 Å². The predicted octanol–water partition coefficient (Wildman–Crippen LogP) is 2.37. The normalized spacial score (nSPS) is 12.2. The van der Waals surface area contributed by atoms with Crippen LogP contribution in [0.4, 0.5) is 0 Å². The van der Waals surface area contributed by atoms with E-state index in [4.69, 9.17) is 5.41 Å². The smallest absolute Gasteiger partial charge is 0.130 e. The van der Waals surface area contributed by atoms with E-state index in [-0.39, 0.29) is 5.41 Å². The van der Waals surface area contributed by atoms with Gasteiger partial charge in [-0.2, -0.15) is 0 Å². The fourth-order valence-corrected chi connectivity index (χ4v) is 0.942. The van der Waals surface area contributed by atoms with Gasteiger partial charge < -0.3 is 10.4 Å². The Morgan fingerprint density at radius 3 is 2.62 bits per heavy atom. The number of nitrogens with one attached hydrogen (secondary N) is 2. The topological polar surface area (TPSA) is 52.5 Å². The minimum Gasteiger partial charge on any atom is -0.342 e. The van der Waals surface area contributed by atoms with Gasteiger partial charge >= 0.3 is 0 Å².